The molecule has 0 aliphatic carbocycles. The molecule has 3 amide bonds. The van der Waals surface area contributed by atoms with Gasteiger partial charge in [-0.3, -0.25) is 4.79 Å². The number of aryl methyl sites for hydroxylation is 1. The third-order valence-electron chi connectivity index (χ3n) is 3.87. The Hall–Kier alpha value is -1.56. The molecule has 1 atom stereocenters. The maximum absolute atomic E-state index is 12.0. The van der Waals surface area contributed by atoms with Gasteiger partial charge in [0.2, 0.25) is 5.91 Å². The third kappa shape index (κ3) is 5.02. The molecule has 0 aromatic carbocycles. The summed E-state index contributed by atoms with van der Waals surface area (Å²) < 4.78 is 0. The summed E-state index contributed by atoms with van der Waals surface area (Å²) in [5.41, 5.74) is 0. The molecule has 6 heteroatoms. The Morgan fingerprint density at radius 3 is 2.64 bits per heavy atom. The lowest BCUT2D eigenvalue weighted by molar-refractivity contribution is -0.131. The van der Waals surface area contributed by atoms with Crippen molar-refractivity contribution < 1.29 is 9.59 Å². The molecule has 0 spiro atoms. The molecule has 1 saturated heterocycles. The van der Waals surface area contributed by atoms with E-state index in [1.165, 1.54) is 11.3 Å². The number of urea groups is 1. The Labute approximate surface area is 136 Å². The second-order valence-corrected chi connectivity index (χ2v) is 7.08. The average molecular weight is 323 g/mol. The molecule has 1 aliphatic heterocycles. The van der Waals surface area contributed by atoms with Gasteiger partial charge in [0, 0.05) is 35.8 Å². The van der Waals surface area contributed by atoms with Crippen molar-refractivity contribution in [3.8, 4) is 0 Å². The first-order valence-electron chi connectivity index (χ1n) is 7.95. The van der Waals surface area contributed by atoms with Crippen molar-refractivity contribution in [2.45, 2.75) is 45.6 Å². The first-order chi connectivity index (χ1) is 10.6. The number of hydrogen-bond acceptors (Lipinski definition) is 3. The number of hydrogen-bond donors (Lipinski definition) is 2. The van der Waals surface area contributed by atoms with Gasteiger partial charge < -0.3 is 15.5 Å². The van der Waals surface area contributed by atoms with E-state index in [2.05, 4.69) is 10.6 Å². The summed E-state index contributed by atoms with van der Waals surface area (Å²) in [5, 5.41) is 5.67. The minimum atomic E-state index is -0.218. The van der Waals surface area contributed by atoms with Crippen molar-refractivity contribution in [1.82, 2.24) is 15.5 Å². The lowest BCUT2D eigenvalue weighted by Gasteiger charge is -2.26. The minimum Gasteiger partial charge on any atom is -0.343 e. The van der Waals surface area contributed by atoms with Gasteiger partial charge in [-0.05, 0) is 45.2 Å². The molecule has 2 rings (SSSR count). The maximum Gasteiger partial charge on any atom is 0.315 e. The van der Waals surface area contributed by atoms with Gasteiger partial charge in [0.1, 0.15) is 0 Å². The molecule has 0 unspecified atom stereocenters. The number of nitrogens with one attached hydrogen (secondary N) is 2. The fourth-order valence-electron chi connectivity index (χ4n) is 2.59. The normalized spacial score (nSPS) is 16.2. The highest BCUT2D eigenvalue weighted by atomic mass is 32.1. The summed E-state index contributed by atoms with van der Waals surface area (Å²) in [6.45, 7) is 6.12. The monoisotopic (exact) mass is 323 g/mol. The van der Waals surface area contributed by atoms with Crippen LogP contribution in [0.3, 0.4) is 0 Å². The topological polar surface area (TPSA) is 61.4 Å². The predicted octanol–water partition coefficient (Wildman–Crippen LogP) is 2.82. The van der Waals surface area contributed by atoms with E-state index in [0.717, 1.165) is 30.8 Å². The molecule has 1 aromatic rings. The van der Waals surface area contributed by atoms with Gasteiger partial charge in [-0.2, -0.15) is 0 Å². The summed E-state index contributed by atoms with van der Waals surface area (Å²) in [7, 11) is 0. The zero-order chi connectivity index (χ0) is 15.9. The lowest BCUT2D eigenvalue weighted by atomic mass is 10.1. The number of carbonyl (C=O) groups is 2. The Bertz CT molecular complexity index is 509. The van der Waals surface area contributed by atoms with Crippen molar-refractivity contribution in [2.24, 2.45) is 0 Å². The minimum absolute atomic E-state index is 0.0171. The van der Waals surface area contributed by atoms with Crippen molar-refractivity contribution in [3.05, 3.63) is 21.9 Å². The van der Waals surface area contributed by atoms with E-state index < -0.39 is 0 Å². The Balaban J connectivity index is 1.66. The van der Waals surface area contributed by atoms with E-state index in [0.29, 0.717) is 13.0 Å². The van der Waals surface area contributed by atoms with Crippen LogP contribution in [0.15, 0.2) is 12.1 Å². The van der Waals surface area contributed by atoms with Crippen LogP contribution in [0.1, 0.15) is 48.4 Å². The van der Waals surface area contributed by atoms with Gasteiger partial charge >= 0.3 is 6.03 Å². The molecule has 0 radical (unpaired) electrons. The van der Waals surface area contributed by atoms with E-state index in [1.807, 2.05) is 30.9 Å². The molecule has 1 aliphatic rings. The van der Waals surface area contributed by atoms with E-state index >= 15 is 0 Å². The Kier molecular flexibility index (Phi) is 6.24. The first kappa shape index (κ1) is 16.8. The lowest BCUT2D eigenvalue weighted by Crippen LogP contribution is -2.40. The van der Waals surface area contributed by atoms with E-state index in [1.54, 1.807) is 11.3 Å². The van der Waals surface area contributed by atoms with Gasteiger partial charge in [-0.15, -0.1) is 11.3 Å². The Morgan fingerprint density at radius 2 is 2.00 bits per heavy atom. The fraction of sp³-hybridized carbons (Fsp3) is 0.625. The Morgan fingerprint density at radius 1 is 1.27 bits per heavy atom. The van der Waals surface area contributed by atoms with E-state index in [9.17, 15) is 9.59 Å². The second-order valence-electron chi connectivity index (χ2n) is 5.76. The molecule has 22 heavy (non-hydrogen) atoms. The largest absolute Gasteiger partial charge is 0.343 e. The number of likely N-dealkylation sites (tertiary alicyclic amines) is 1. The number of amides is 3. The number of piperidine rings is 1. The predicted molar refractivity (Wildman–Crippen MR) is 89.1 cm³/mol. The first-order valence-corrected chi connectivity index (χ1v) is 8.76. The molecular weight excluding hydrogens is 298 g/mol. The smallest absolute Gasteiger partial charge is 0.315 e. The quantitative estimate of drug-likeness (QED) is 0.875. The van der Waals surface area contributed by atoms with Crippen molar-refractivity contribution >= 4 is 23.3 Å². The molecule has 2 N–H and O–H groups in total. The van der Waals surface area contributed by atoms with Gasteiger partial charge in [-0.25, -0.2) is 4.79 Å². The van der Waals surface area contributed by atoms with E-state index in [-0.39, 0.29) is 18.0 Å². The van der Waals surface area contributed by atoms with Crippen LogP contribution in [0.2, 0.25) is 0 Å². The van der Waals surface area contributed by atoms with Gasteiger partial charge in [0.25, 0.3) is 0 Å². The molecule has 1 fully saturated rings. The van der Waals surface area contributed by atoms with Crippen LogP contribution in [0.5, 0.6) is 0 Å². The molecule has 0 saturated carbocycles. The molecular formula is C16H25N3O2S. The van der Waals surface area contributed by atoms with Gasteiger partial charge in [0.05, 0.1) is 6.04 Å². The van der Waals surface area contributed by atoms with Crippen LogP contribution in [0, 0.1) is 6.92 Å². The summed E-state index contributed by atoms with van der Waals surface area (Å²) in [4.78, 5) is 28.1. The third-order valence-corrected chi connectivity index (χ3v) is 5.05. The SMILES string of the molecule is Cc1ccc([C@@H](C)NC(=O)NCCC(=O)N2CCCCC2)s1. The summed E-state index contributed by atoms with van der Waals surface area (Å²) in [6.07, 6.45) is 3.78. The van der Waals surface area contributed by atoms with Crippen LogP contribution < -0.4 is 10.6 Å². The molecule has 0 bridgehead atoms. The number of rotatable bonds is 5. The van der Waals surface area contributed by atoms with Crippen LogP contribution >= 0.6 is 11.3 Å². The molecule has 5 nitrogen and oxygen atoms in total. The second kappa shape index (κ2) is 8.17. The van der Waals surface area contributed by atoms with Crippen molar-refractivity contribution in [1.29, 1.82) is 0 Å². The summed E-state index contributed by atoms with van der Waals surface area (Å²) >= 11 is 1.68. The van der Waals surface area contributed by atoms with Crippen LogP contribution in [-0.2, 0) is 4.79 Å². The average Bonchev–Trinajstić information content (AvgIpc) is 2.94. The van der Waals surface area contributed by atoms with Crippen LogP contribution in [0.25, 0.3) is 0 Å². The van der Waals surface area contributed by atoms with Gasteiger partial charge in [-0.1, -0.05) is 0 Å². The van der Waals surface area contributed by atoms with Crippen molar-refractivity contribution in [3.63, 3.8) is 0 Å². The number of carbonyl (C=O) groups excluding carboxylic acids is 2. The molecule has 2 heterocycles. The maximum atomic E-state index is 12.0. The van der Waals surface area contributed by atoms with Crippen LogP contribution in [-0.4, -0.2) is 36.5 Å². The van der Waals surface area contributed by atoms with Crippen molar-refractivity contribution in [2.75, 3.05) is 19.6 Å². The highest BCUT2D eigenvalue weighted by molar-refractivity contribution is 7.12. The zero-order valence-corrected chi connectivity index (χ0v) is 14.2. The summed E-state index contributed by atoms with van der Waals surface area (Å²) in [6, 6.07) is 3.85. The van der Waals surface area contributed by atoms with Gasteiger partial charge in [0.15, 0.2) is 0 Å². The van der Waals surface area contributed by atoms with E-state index in [4.69, 9.17) is 0 Å². The summed E-state index contributed by atoms with van der Waals surface area (Å²) in [5.74, 6) is 0.141. The number of nitrogens with zero attached hydrogens (tertiary/aromatic N) is 1. The fourth-order valence-corrected chi connectivity index (χ4v) is 3.47. The van der Waals surface area contributed by atoms with Crippen LogP contribution in [0.4, 0.5) is 4.79 Å². The molecule has 1 aromatic heterocycles. The zero-order valence-electron chi connectivity index (χ0n) is 13.4. The highest BCUT2D eigenvalue weighted by Crippen LogP contribution is 2.21. The highest BCUT2D eigenvalue weighted by Gasteiger charge is 2.16. The number of thiophene rings is 1. The standard InChI is InChI=1S/C16H25N3O2S/c1-12-6-7-14(22-12)13(2)18-16(21)17-9-8-15(20)19-10-4-3-5-11-19/h6-7,13H,3-5,8-11H2,1-2H3,(H2,17,18,21)/t13-/m1/s1. The molecule has 122 valence electrons.